The molecule has 0 aliphatic carbocycles. The number of carbonyl (C=O) groups is 1. The lowest BCUT2D eigenvalue weighted by molar-refractivity contribution is 0.0496. The van der Waals surface area contributed by atoms with Gasteiger partial charge in [0.2, 0.25) is 5.43 Å². The highest BCUT2D eigenvalue weighted by molar-refractivity contribution is 5.92. The normalized spacial score (nSPS) is 10.8. The summed E-state index contributed by atoms with van der Waals surface area (Å²) in [5, 5.41) is 18.0. The molecule has 0 saturated carbocycles. The van der Waals surface area contributed by atoms with Crippen molar-refractivity contribution in [2.45, 2.75) is 6.73 Å². The van der Waals surface area contributed by atoms with E-state index >= 15 is 0 Å². The Morgan fingerprint density at radius 3 is 2.74 bits per heavy atom. The number of aromatic carboxylic acids is 1. The summed E-state index contributed by atoms with van der Waals surface area (Å²) >= 11 is 0. The van der Waals surface area contributed by atoms with Gasteiger partial charge < -0.3 is 19.5 Å². The number of carboxylic acids is 1. The Kier molecular flexibility index (Phi) is 3.94. The number of carboxylic acid groups (broad SMARTS) is 1. The monoisotopic (exact) mass is 263 g/mol. The molecule has 0 bridgehead atoms. The average molecular weight is 263 g/mol. The van der Waals surface area contributed by atoms with E-state index in [-0.39, 0.29) is 25.5 Å². The Morgan fingerprint density at radius 2 is 2.05 bits per heavy atom. The first-order chi connectivity index (χ1) is 9.15. The van der Waals surface area contributed by atoms with Crippen LogP contribution in [-0.4, -0.2) is 34.0 Å². The molecule has 0 atom stereocenters. The first-order valence-corrected chi connectivity index (χ1v) is 5.69. The number of para-hydroxylation sites is 1. The number of rotatable bonds is 5. The van der Waals surface area contributed by atoms with E-state index in [4.69, 9.17) is 14.9 Å². The van der Waals surface area contributed by atoms with Crippen LogP contribution in [0.1, 0.15) is 10.4 Å². The fourth-order valence-electron chi connectivity index (χ4n) is 1.83. The minimum absolute atomic E-state index is 0.0711. The van der Waals surface area contributed by atoms with Crippen LogP contribution in [0.2, 0.25) is 0 Å². The molecule has 2 rings (SSSR count). The molecule has 0 fully saturated rings. The molecule has 0 radical (unpaired) electrons. The zero-order chi connectivity index (χ0) is 13.8. The molecule has 0 saturated heterocycles. The standard InChI is InChI=1S/C13H13NO5/c15-5-6-19-8-14-7-10(13(17)18)12(16)9-3-1-2-4-11(9)14/h1-4,7,15H,5-6,8H2,(H,17,18). The van der Waals surface area contributed by atoms with Crippen molar-refractivity contribution in [3.05, 3.63) is 46.2 Å². The molecular weight excluding hydrogens is 250 g/mol. The van der Waals surface area contributed by atoms with Gasteiger partial charge in [-0.25, -0.2) is 4.79 Å². The molecular formula is C13H13NO5. The van der Waals surface area contributed by atoms with E-state index in [1.165, 1.54) is 10.8 Å². The van der Waals surface area contributed by atoms with Crippen LogP contribution < -0.4 is 5.43 Å². The van der Waals surface area contributed by atoms with Crippen molar-refractivity contribution in [1.29, 1.82) is 0 Å². The third-order valence-electron chi connectivity index (χ3n) is 2.68. The van der Waals surface area contributed by atoms with Gasteiger partial charge in [0, 0.05) is 11.6 Å². The fourth-order valence-corrected chi connectivity index (χ4v) is 1.83. The van der Waals surface area contributed by atoms with Crippen molar-refractivity contribution in [1.82, 2.24) is 4.57 Å². The van der Waals surface area contributed by atoms with Gasteiger partial charge in [-0.3, -0.25) is 4.79 Å². The van der Waals surface area contributed by atoms with Crippen LogP contribution in [0.25, 0.3) is 10.9 Å². The van der Waals surface area contributed by atoms with Crippen LogP contribution in [0.5, 0.6) is 0 Å². The lowest BCUT2D eigenvalue weighted by Gasteiger charge is -2.12. The van der Waals surface area contributed by atoms with Gasteiger partial charge in [0.25, 0.3) is 0 Å². The second kappa shape index (κ2) is 5.64. The molecule has 1 aromatic heterocycles. The van der Waals surface area contributed by atoms with Crippen LogP contribution >= 0.6 is 0 Å². The molecule has 100 valence electrons. The van der Waals surface area contributed by atoms with E-state index in [2.05, 4.69) is 0 Å². The van der Waals surface area contributed by atoms with Gasteiger partial charge in [-0.05, 0) is 12.1 Å². The Balaban J connectivity index is 2.58. The summed E-state index contributed by atoms with van der Waals surface area (Å²) in [5.41, 5.74) is -0.219. The Labute approximate surface area is 108 Å². The number of hydrogen-bond donors (Lipinski definition) is 2. The highest BCUT2D eigenvalue weighted by atomic mass is 16.5. The predicted molar refractivity (Wildman–Crippen MR) is 68.2 cm³/mol. The summed E-state index contributed by atoms with van der Waals surface area (Å²) in [4.78, 5) is 23.0. The zero-order valence-electron chi connectivity index (χ0n) is 10.1. The quantitative estimate of drug-likeness (QED) is 0.774. The Morgan fingerprint density at radius 1 is 1.32 bits per heavy atom. The number of aromatic nitrogens is 1. The second-order valence-electron chi connectivity index (χ2n) is 3.92. The first kappa shape index (κ1) is 13.3. The number of hydrogen-bond acceptors (Lipinski definition) is 4. The molecule has 0 amide bonds. The minimum atomic E-state index is -1.27. The van der Waals surface area contributed by atoms with Crippen molar-refractivity contribution < 1.29 is 19.7 Å². The molecule has 1 heterocycles. The zero-order valence-corrected chi connectivity index (χ0v) is 10.1. The molecule has 0 aliphatic rings. The number of aliphatic hydroxyl groups excluding tert-OH is 1. The number of fused-ring (bicyclic) bond motifs is 1. The van der Waals surface area contributed by atoms with Gasteiger partial charge in [0.1, 0.15) is 12.3 Å². The predicted octanol–water partition coefficient (Wildman–Crippen LogP) is 0.666. The van der Waals surface area contributed by atoms with E-state index in [9.17, 15) is 9.59 Å². The maximum absolute atomic E-state index is 12.0. The second-order valence-corrected chi connectivity index (χ2v) is 3.92. The number of ether oxygens (including phenoxy) is 1. The van der Waals surface area contributed by atoms with Crippen molar-refractivity contribution in [3.8, 4) is 0 Å². The molecule has 0 spiro atoms. The molecule has 0 aliphatic heterocycles. The minimum Gasteiger partial charge on any atom is -0.477 e. The van der Waals surface area contributed by atoms with Crippen molar-refractivity contribution in [2.75, 3.05) is 13.2 Å². The van der Waals surface area contributed by atoms with E-state index < -0.39 is 11.4 Å². The van der Waals surface area contributed by atoms with E-state index in [1.54, 1.807) is 24.3 Å². The third kappa shape index (κ3) is 2.64. The highest BCUT2D eigenvalue weighted by Gasteiger charge is 2.13. The van der Waals surface area contributed by atoms with Crippen molar-refractivity contribution >= 4 is 16.9 Å². The molecule has 6 heteroatoms. The molecule has 19 heavy (non-hydrogen) atoms. The van der Waals surface area contributed by atoms with Crippen LogP contribution in [0.4, 0.5) is 0 Å². The molecule has 1 aromatic carbocycles. The van der Waals surface area contributed by atoms with Crippen LogP contribution in [0.3, 0.4) is 0 Å². The maximum atomic E-state index is 12.0. The molecule has 0 unspecified atom stereocenters. The van der Waals surface area contributed by atoms with Crippen LogP contribution in [0.15, 0.2) is 35.3 Å². The summed E-state index contributed by atoms with van der Waals surface area (Å²) in [6.07, 6.45) is 1.25. The van der Waals surface area contributed by atoms with E-state index in [1.807, 2.05) is 0 Å². The fraction of sp³-hybridized carbons (Fsp3) is 0.231. The lowest BCUT2D eigenvalue weighted by atomic mass is 10.1. The summed E-state index contributed by atoms with van der Waals surface area (Å²) in [6.45, 7) is 0.0917. The molecule has 2 N–H and O–H groups in total. The number of benzene rings is 1. The first-order valence-electron chi connectivity index (χ1n) is 5.69. The Hall–Kier alpha value is -2.18. The highest BCUT2D eigenvalue weighted by Crippen LogP contribution is 2.11. The average Bonchev–Trinajstić information content (AvgIpc) is 2.41. The van der Waals surface area contributed by atoms with Gasteiger partial charge in [-0.1, -0.05) is 12.1 Å². The van der Waals surface area contributed by atoms with Crippen LogP contribution in [-0.2, 0) is 11.5 Å². The molecule has 2 aromatic rings. The summed E-state index contributed by atoms with van der Waals surface area (Å²) in [5.74, 6) is -1.27. The largest absolute Gasteiger partial charge is 0.477 e. The SMILES string of the molecule is O=C(O)c1cn(COCCO)c2ccccc2c1=O. The third-order valence-corrected chi connectivity index (χ3v) is 2.68. The van der Waals surface area contributed by atoms with Gasteiger partial charge in [-0.2, -0.15) is 0 Å². The topological polar surface area (TPSA) is 88.8 Å². The summed E-state index contributed by atoms with van der Waals surface area (Å²) < 4.78 is 6.71. The summed E-state index contributed by atoms with van der Waals surface area (Å²) in [6, 6.07) is 6.72. The number of aliphatic hydroxyl groups is 1. The summed E-state index contributed by atoms with van der Waals surface area (Å²) in [7, 11) is 0. The van der Waals surface area contributed by atoms with E-state index in [0.717, 1.165) is 0 Å². The smallest absolute Gasteiger partial charge is 0.341 e. The van der Waals surface area contributed by atoms with Crippen LogP contribution in [0, 0.1) is 0 Å². The maximum Gasteiger partial charge on any atom is 0.341 e. The van der Waals surface area contributed by atoms with Crippen molar-refractivity contribution in [3.63, 3.8) is 0 Å². The van der Waals surface area contributed by atoms with Gasteiger partial charge in [-0.15, -0.1) is 0 Å². The van der Waals surface area contributed by atoms with Gasteiger partial charge in [0.15, 0.2) is 0 Å². The van der Waals surface area contributed by atoms with Gasteiger partial charge >= 0.3 is 5.97 Å². The van der Waals surface area contributed by atoms with Crippen molar-refractivity contribution in [2.24, 2.45) is 0 Å². The number of nitrogens with zero attached hydrogens (tertiary/aromatic N) is 1. The Bertz CT molecular complexity index is 662. The number of pyridine rings is 1. The van der Waals surface area contributed by atoms with Gasteiger partial charge in [0.05, 0.1) is 18.7 Å². The molecule has 6 nitrogen and oxygen atoms in total. The lowest BCUT2D eigenvalue weighted by Crippen LogP contribution is -2.19. The van der Waals surface area contributed by atoms with E-state index in [0.29, 0.717) is 10.9 Å².